The van der Waals surface area contributed by atoms with Gasteiger partial charge in [0, 0.05) is 12.6 Å². The Hall–Kier alpha value is -1.24. The van der Waals surface area contributed by atoms with Gasteiger partial charge < -0.3 is 10.6 Å². The highest BCUT2D eigenvalue weighted by Crippen LogP contribution is 2.24. The molecule has 0 radical (unpaired) electrons. The maximum Gasteiger partial charge on any atom is 0.0992 e. The van der Waals surface area contributed by atoms with E-state index < -0.39 is 0 Å². The minimum Gasteiger partial charge on any atom is -0.380 e. The van der Waals surface area contributed by atoms with Gasteiger partial charge in [-0.05, 0) is 37.6 Å². The molecule has 0 saturated carbocycles. The number of nitrogens with zero attached hydrogens (tertiary/aromatic N) is 1. The molecule has 4 heteroatoms. The molecule has 1 saturated heterocycles. The van der Waals surface area contributed by atoms with Gasteiger partial charge in [0.05, 0.1) is 22.3 Å². The Labute approximate surface area is 100 Å². The van der Waals surface area contributed by atoms with Gasteiger partial charge in [-0.25, -0.2) is 0 Å². The van der Waals surface area contributed by atoms with E-state index in [1.807, 2.05) is 6.07 Å². The topological polar surface area (TPSA) is 47.9 Å². The van der Waals surface area contributed by atoms with E-state index in [0.717, 1.165) is 25.2 Å². The molecule has 1 atom stereocenters. The van der Waals surface area contributed by atoms with Crippen molar-refractivity contribution in [1.82, 2.24) is 5.32 Å². The highest BCUT2D eigenvalue weighted by molar-refractivity contribution is 6.33. The zero-order chi connectivity index (χ0) is 11.4. The van der Waals surface area contributed by atoms with Gasteiger partial charge in [-0.1, -0.05) is 11.6 Å². The number of nitrogens with one attached hydrogen (secondary N) is 2. The number of hydrogen-bond donors (Lipinski definition) is 2. The maximum atomic E-state index is 8.74. The molecular weight excluding hydrogens is 222 g/mol. The molecule has 1 aromatic carbocycles. The smallest absolute Gasteiger partial charge is 0.0992 e. The number of rotatable bonds is 2. The molecule has 0 spiro atoms. The van der Waals surface area contributed by atoms with E-state index in [9.17, 15) is 0 Å². The lowest BCUT2D eigenvalue weighted by atomic mass is 10.1. The van der Waals surface area contributed by atoms with Gasteiger partial charge in [-0.15, -0.1) is 0 Å². The number of halogens is 1. The first-order valence-corrected chi connectivity index (χ1v) is 5.84. The van der Waals surface area contributed by atoms with Crippen LogP contribution in [0.1, 0.15) is 18.4 Å². The van der Waals surface area contributed by atoms with Crippen LogP contribution in [0.5, 0.6) is 0 Å². The molecule has 0 bridgehead atoms. The molecule has 1 fully saturated rings. The fourth-order valence-corrected chi connectivity index (χ4v) is 2.13. The number of hydrogen-bond acceptors (Lipinski definition) is 3. The van der Waals surface area contributed by atoms with Gasteiger partial charge in [0.25, 0.3) is 0 Å². The number of nitriles is 1. The fourth-order valence-electron chi connectivity index (χ4n) is 1.90. The lowest BCUT2D eigenvalue weighted by Crippen LogP contribution is -2.38. The zero-order valence-corrected chi connectivity index (χ0v) is 9.72. The SMILES string of the molecule is N#Cc1ccc(NC2CCCNC2)c(Cl)c1. The average molecular weight is 236 g/mol. The molecule has 1 unspecified atom stereocenters. The molecule has 2 rings (SSSR count). The van der Waals surface area contributed by atoms with Crippen molar-refractivity contribution in [2.45, 2.75) is 18.9 Å². The van der Waals surface area contributed by atoms with E-state index in [-0.39, 0.29) is 0 Å². The van der Waals surface area contributed by atoms with Crippen LogP contribution < -0.4 is 10.6 Å². The highest BCUT2D eigenvalue weighted by atomic mass is 35.5. The first-order chi connectivity index (χ1) is 7.79. The monoisotopic (exact) mass is 235 g/mol. The zero-order valence-electron chi connectivity index (χ0n) is 8.96. The molecule has 16 heavy (non-hydrogen) atoms. The van der Waals surface area contributed by atoms with Gasteiger partial charge in [0.1, 0.15) is 0 Å². The Balaban J connectivity index is 2.06. The molecule has 84 valence electrons. The van der Waals surface area contributed by atoms with Crippen LogP contribution in [0, 0.1) is 11.3 Å². The summed E-state index contributed by atoms with van der Waals surface area (Å²) in [7, 11) is 0. The molecule has 1 heterocycles. The van der Waals surface area contributed by atoms with Crippen molar-refractivity contribution in [2.24, 2.45) is 0 Å². The van der Waals surface area contributed by atoms with Gasteiger partial charge in [0.2, 0.25) is 0 Å². The fraction of sp³-hybridized carbons (Fsp3) is 0.417. The van der Waals surface area contributed by atoms with Crippen molar-refractivity contribution in [3.05, 3.63) is 28.8 Å². The summed E-state index contributed by atoms with van der Waals surface area (Å²) in [5, 5.41) is 16.1. The van der Waals surface area contributed by atoms with E-state index >= 15 is 0 Å². The summed E-state index contributed by atoms with van der Waals surface area (Å²) < 4.78 is 0. The second-order valence-corrected chi connectivity index (χ2v) is 4.40. The summed E-state index contributed by atoms with van der Waals surface area (Å²) >= 11 is 6.09. The van der Waals surface area contributed by atoms with Crippen LogP contribution in [0.15, 0.2) is 18.2 Å². The predicted molar refractivity (Wildman–Crippen MR) is 65.7 cm³/mol. The summed E-state index contributed by atoms with van der Waals surface area (Å²) in [6.07, 6.45) is 2.34. The van der Waals surface area contributed by atoms with Gasteiger partial charge in [0.15, 0.2) is 0 Å². The van der Waals surface area contributed by atoms with Crippen LogP contribution in [-0.4, -0.2) is 19.1 Å². The van der Waals surface area contributed by atoms with Crippen LogP contribution in [0.2, 0.25) is 5.02 Å². The Bertz CT molecular complexity index is 405. The van der Waals surface area contributed by atoms with Gasteiger partial charge in [-0.3, -0.25) is 0 Å². The maximum absolute atomic E-state index is 8.74. The van der Waals surface area contributed by atoms with Crippen molar-refractivity contribution in [3.63, 3.8) is 0 Å². The van der Waals surface area contributed by atoms with Crippen LogP contribution >= 0.6 is 11.6 Å². The van der Waals surface area contributed by atoms with E-state index in [1.165, 1.54) is 6.42 Å². The second-order valence-electron chi connectivity index (χ2n) is 3.99. The molecule has 0 amide bonds. The van der Waals surface area contributed by atoms with Crippen molar-refractivity contribution in [3.8, 4) is 6.07 Å². The molecule has 1 aromatic rings. The Kier molecular flexibility index (Phi) is 3.66. The van der Waals surface area contributed by atoms with Crippen LogP contribution in [0.3, 0.4) is 0 Å². The summed E-state index contributed by atoms with van der Waals surface area (Å²) in [5.41, 5.74) is 1.51. The number of anilines is 1. The third-order valence-electron chi connectivity index (χ3n) is 2.75. The third kappa shape index (κ3) is 2.66. The van der Waals surface area contributed by atoms with Crippen molar-refractivity contribution >= 4 is 17.3 Å². The van der Waals surface area contributed by atoms with E-state index in [4.69, 9.17) is 16.9 Å². The number of benzene rings is 1. The molecule has 1 aliphatic rings. The van der Waals surface area contributed by atoms with Crippen LogP contribution in [0.4, 0.5) is 5.69 Å². The first-order valence-electron chi connectivity index (χ1n) is 5.46. The quantitative estimate of drug-likeness (QED) is 0.828. The minimum absolute atomic E-state index is 0.430. The van der Waals surface area contributed by atoms with Crippen LogP contribution in [-0.2, 0) is 0 Å². The third-order valence-corrected chi connectivity index (χ3v) is 3.07. The normalized spacial score (nSPS) is 20.1. The van der Waals surface area contributed by atoms with Crippen LogP contribution in [0.25, 0.3) is 0 Å². The standard InChI is InChI=1S/C12H14ClN3/c13-11-6-9(7-14)3-4-12(11)16-10-2-1-5-15-8-10/h3-4,6,10,15-16H,1-2,5,8H2. The number of piperidine rings is 1. The molecule has 0 aromatic heterocycles. The van der Waals surface area contributed by atoms with Gasteiger partial charge in [-0.2, -0.15) is 5.26 Å². The average Bonchev–Trinajstić information content (AvgIpc) is 2.33. The van der Waals surface area contributed by atoms with E-state index in [0.29, 0.717) is 16.6 Å². The Morgan fingerprint density at radius 1 is 1.50 bits per heavy atom. The largest absolute Gasteiger partial charge is 0.380 e. The lowest BCUT2D eigenvalue weighted by molar-refractivity contribution is 0.480. The van der Waals surface area contributed by atoms with Crippen molar-refractivity contribution in [1.29, 1.82) is 5.26 Å². The van der Waals surface area contributed by atoms with E-state index in [2.05, 4.69) is 16.7 Å². The minimum atomic E-state index is 0.430. The highest BCUT2D eigenvalue weighted by Gasteiger charge is 2.13. The summed E-state index contributed by atoms with van der Waals surface area (Å²) in [6.45, 7) is 2.07. The summed E-state index contributed by atoms with van der Waals surface area (Å²) in [5.74, 6) is 0. The molecule has 1 aliphatic heterocycles. The molecule has 3 nitrogen and oxygen atoms in total. The van der Waals surface area contributed by atoms with Gasteiger partial charge >= 0.3 is 0 Å². The predicted octanol–water partition coefficient (Wildman–Crippen LogP) is 2.38. The summed E-state index contributed by atoms with van der Waals surface area (Å²) in [4.78, 5) is 0. The second kappa shape index (κ2) is 5.20. The Morgan fingerprint density at radius 3 is 3.00 bits per heavy atom. The Morgan fingerprint density at radius 2 is 2.38 bits per heavy atom. The molecule has 0 aliphatic carbocycles. The first kappa shape index (κ1) is 11.3. The van der Waals surface area contributed by atoms with Crippen molar-refractivity contribution < 1.29 is 0 Å². The molecular formula is C12H14ClN3. The summed E-state index contributed by atoms with van der Waals surface area (Å²) in [6, 6.07) is 7.85. The molecule has 2 N–H and O–H groups in total. The van der Waals surface area contributed by atoms with Crippen molar-refractivity contribution in [2.75, 3.05) is 18.4 Å². The lowest BCUT2D eigenvalue weighted by Gasteiger charge is -2.25. The van der Waals surface area contributed by atoms with E-state index in [1.54, 1.807) is 12.1 Å².